The van der Waals surface area contributed by atoms with E-state index in [4.69, 9.17) is 0 Å². The van der Waals surface area contributed by atoms with Crippen molar-refractivity contribution in [3.05, 3.63) is 11.9 Å². The molecule has 0 aromatic carbocycles. The first-order valence-corrected chi connectivity index (χ1v) is 2.96. The van der Waals surface area contributed by atoms with Gasteiger partial charge in [-0.15, -0.1) is 0 Å². The van der Waals surface area contributed by atoms with Crippen molar-refractivity contribution in [1.29, 1.82) is 0 Å². The molecule has 0 saturated heterocycles. The van der Waals surface area contributed by atoms with E-state index in [0.717, 1.165) is 6.54 Å². The van der Waals surface area contributed by atoms with Gasteiger partial charge in [-0.25, -0.2) is 0 Å². The van der Waals surface area contributed by atoms with Crippen molar-refractivity contribution >= 4 is 0 Å². The maximum Gasteiger partial charge on any atom is 0.0403 e. The van der Waals surface area contributed by atoms with Gasteiger partial charge in [-0.05, 0) is 13.8 Å². The Morgan fingerprint density at radius 1 is 1.75 bits per heavy atom. The lowest BCUT2D eigenvalue weighted by molar-refractivity contribution is 0.552. The van der Waals surface area contributed by atoms with Crippen LogP contribution in [0.3, 0.4) is 0 Å². The second-order valence-electron chi connectivity index (χ2n) is 2.28. The molecule has 1 aliphatic heterocycles. The van der Waals surface area contributed by atoms with Gasteiger partial charge in [-0.2, -0.15) is 0 Å². The zero-order valence-electron chi connectivity index (χ0n) is 5.36. The highest BCUT2D eigenvalue weighted by Gasteiger charge is 2.02. The van der Waals surface area contributed by atoms with Gasteiger partial charge in [-0.3, -0.25) is 0 Å². The molecule has 0 fully saturated rings. The summed E-state index contributed by atoms with van der Waals surface area (Å²) < 4.78 is 0. The third-order valence-corrected chi connectivity index (χ3v) is 1.22. The first-order valence-electron chi connectivity index (χ1n) is 2.96. The monoisotopic (exact) mass is 112 g/mol. The minimum Gasteiger partial charge on any atom is -0.387 e. The van der Waals surface area contributed by atoms with Gasteiger partial charge in [0.2, 0.25) is 0 Å². The Balaban J connectivity index is 2.45. The average Bonchev–Trinajstić information content (AvgIpc) is 1.64. The number of allylic oxidation sites excluding steroid dienone is 1. The second kappa shape index (κ2) is 2.07. The van der Waals surface area contributed by atoms with E-state index in [2.05, 4.69) is 24.5 Å². The summed E-state index contributed by atoms with van der Waals surface area (Å²) >= 11 is 0. The summed E-state index contributed by atoms with van der Waals surface area (Å²) in [5, 5.41) is 6.44. The van der Waals surface area contributed by atoms with Crippen LogP contribution in [-0.2, 0) is 0 Å². The van der Waals surface area contributed by atoms with E-state index >= 15 is 0 Å². The number of hydrogen-bond donors (Lipinski definition) is 2. The van der Waals surface area contributed by atoms with E-state index < -0.39 is 0 Å². The number of nitrogens with one attached hydrogen (secondary N) is 2. The molecule has 0 aromatic rings. The van der Waals surface area contributed by atoms with E-state index in [1.165, 1.54) is 5.70 Å². The Hall–Kier alpha value is -0.660. The lowest BCUT2D eigenvalue weighted by atomic mass is 10.3. The van der Waals surface area contributed by atoms with Crippen LogP contribution in [0.2, 0.25) is 0 Å². The molecule has 8 heavy (non-hydrogen) atoms. The van der Waals surface area contributed by atoms with E-state index in [9.17, 15) is 0 Å². The summed E-state index contributed by atoms with van der Waals surface area (Å²) in [5.74, 6) is 0. The van der Waals surface area contributed by atoms with Crippen LogP contribution in [0.1, 0.15) is 13.8 Å². The van der Waals surface area contributed by atoms with Gasteiger partial charge < -0.3 is 10.6 Å². The molecule has 0 aliphatic carbocycles. The summed E-state index contributed by atoms with van der Waals surface area (Å²) in [5.41, 5.74) is 1.23. The molecule has 2 nitrogen and oxygen atoms in total. The molecule has 0 aromatic heterocycles. The van der Waals surface area contributed by atoms with Gasteiger partial charge in [-0.1, -0.05) is 0 Å². The predicted molar refractivity (Wildman–Crippen MR) is 34.4 cm³/mol. The van der Waals surface area contributed by atoms with Crippen LogP contribution in [0.25, 0.3) is 0 Å². The third-order valence-electron chi connectivity index (χ3n) is 1.22. The van der Waals surface area contributed by atoms with Crippen molar-refractivity contribution in [3.8, 4) is 0 Å². The largest absolute Gasteiger partial charge is 0.387 e. The Kier molecular flexibility index (Phi) is 1.42. The zero-order chi connectivity index (χ0) is 5.98. The highest BCUT2D eigenvalue weighted by molar-refractivity contribution is 4.99. The van der Waals surface area contributed by atoms with Crippen LogP contribution >= 0.6 is 0 Å². The van der Waals surface area contributed by atoms with Crippen LogP contribution in [-0.4, -0.2) is 12.6 Å². The van der Waals surface area contributed by atoms with Gasteiger partial charge in [0.25, 0.3) is 0 Å². The molecule has 0 bridgehead atoms. The first-order chi connectivity index (χ1) is 3.79. The number of hydrogen-bond acceptors (Lipinski definition) is 2. The second-order valence-corrected chi connectivity index (χ2v) is 2.28. The van der Waals surface area contributed by atoms with Crippen molar-refractivity contribution in [2.24, 2.45) is 0 Å². The lowest BCUT2D eigenvalue weighted by Gasteiger charge is -2.20. The Morgan fingerprint density at radius 2 is 2.50 bits per heavy atom. The molecular formula is C6H12N2. The van der Waals surface area contributed by atoms with Crippen molar-refractivity contribution < 1.29 is 0 Å². The molecule has 46 valence electrons. The first kappa shape index (κ1) is 5.48. The van der Waals surface area contributed by atoms with E-state index in [-0.39, 0.29) is 0 Å². The topological polar surface area (TPSA) is 24.1 Å². The minimum atomic E-state index is 0.583. The van der Waals surface area contributed by atoms with Crippen molar-refractivity contribution in [2.75, 3.05) is 6.54 Å². The fourth-order valence-electron chi connectivity index (χ4n) is 0.870. The van der Waals surface area contributed by atoms with E-state index in [1.54, 1.807) is 0 Å². The summed E-state index contributed by atoms with van der Waals surface area (Å²) in [7, 11) is 0. The van der Waals surface area contributed by atoms with Crippen molar-refractivity contribution in [1.82, 2.24) is 10.6 Å². The Bertz CT molecular complexity index is 107. The highest BCUT2D eigenvalue weighted by atomic mass is 15.0. The molecule has 0 saturated carbocycles. The van der Waals surface area contributed by atoms with Crippen LogP contribution in [0.15, 0.2) is 11.9 Å². The molecule has 1 atom stereocenters. The Labute approximate surface area is 50.0 Å². The van der Waals surface area contributed by atoms with Crippen LogP contribution in [0, 0.1) is 0 Å². The molecular weight excluding hydrogens is 100 g/mol. The molecule has 2 heteroatoms. The number of rotatable bonds is 0. The minimum absolute atomic E-state index is 0.583. The average molecular weight is 112 g/mol. The van der Waals surface area contributed by atoms with Crippen molar-refractivity contribution in [2.45, 2.75) is 19.9 Å². The van der Waals surface area contributed by atoms with Gasteiger partial charge >= 0.3 is 0 Å². The fourth-order valence-corrected chi connectivity index (χ4v) is 0.870. The van der Waals surface area contributed by atoms with Gasteiger partial charge in [0.05, 0.1) is 0 Å². The Morgan fingerprint density at radius 3 is 2.88 bits per heavy atom. The smallest absolute Gasteiger partial charge is 0.0403 e. The fraction of sp³-hybridized carbons (Fsp3) is 0.667. The predicted octanol–water partition coefficient (Wildman–Crippen LogP) is 0.429. The van der Waals surface area contributed by atoms with Crippen LogP contribution in [0.5, 0.6) is 0 Å². The quantitative estimate of drug-likeness (QED) is 0.475. The van der Waals surface area contributed by atoms with E-state index in [0.29, 0.717) is 6.04 Å². The molecule has 1 rings (SSSR count). The molecule has 0 spiro atoms. The summed E-state index contributed by atoms with van der Waals surface area (Å²) in [6.07, 6.45) is 2.00. The van der Waals surface area contributed by atoms with E-state index in [1.807, 2.05) is 6.20 Å². The van der Waals surface area contributed by atoms with Gasteiger partial charge in [0.15, 0.2) is 0 Å². The van der Waals surface area contributed by atoms with Crippen LogP contribution in [0.4, 0.5) is 0 Å². The summed E-state index contributed by atoms with van der Waals surface area (Å²) in [6.45, 7) is 5.25. The molecule has 2 N–H and O–H groups in total. The summed E-state index contributed by atoms with van der Waals surface area (Å²) in [6, 6.07) is 0.583. The molecule has 1 unspecified atom stereocenters. The van der Waals surface area contributed by atoms with Gasteiger partial charge in [0.1, 0.15) is 0 Å². The summed E-state index contributed by atoms with van der Waals surface area (Å²) in [4.78, 5) is 0. The molecule has 1 aliphatic rings. The lowest BCUT2D eigenvalue weighted by Crippen LogP contribution is -2.38. The van der Waals surface area contributed by atoms with Crippen molar-refractivity contribution in [3.63, 3.8) is 0 Å². The third kappa shape index (κ3) is 1.15. The normalized spacial score (nSPS) is 27.8. The maximum absolute atomic E-state index is 3.28. The zero-order valence-corrected chi connectivity index (χ0v) is 5.36. The SMILES string of the molecule is CC1=CNCC(C)N1. The van der Waals surface area contributed by atoms with Crippen LogP contribution < -0.4 is 10.6 Å². The molecule has 0 radical (unpaired) electrons. The highest BCUT2D eigenvalue weighted by Crippen LogP contribution is 1.92. The maximum atomic E-state index is 3.28. The standard InChI is InChI=1S/C6H12N2/c1-5-3-7-4-6(2)8-5/h3,6-8H,4H2,1-2H3. The molecule has 0 amide bonds. The molecule has 1 heterocycles. The van der Waals surface area contributed by atoms with Gasteiger partial charge in [0, 0.05) is 24.5 Å².